The normalized spacial score (nSPS) is 11.3. The molecule has 5 nitrogen and oxygen atoms in total. The molecule has 0 saturated heterocycles. The molecule has 2 aromatic rings. The zero-order chi connectivity index (χ0) is 20.0. The molecular formula is C22H28N2O3. The Kier molecular flexibility index (Phi) is 6.75. The number of rotatable bonds is 7. The van der Waals surface area contributed by atoms with Crippen LogP contribution in [0.4, 0.5) is 5.69 Å². The minimum absolute atomic E-state index is 0.0725. The Bertz CT molecular complexity index is 773. The van der Waals surface area contributed by atoms with E-state index >= 15 is 0 Å². The number of benzene rings is 2. The van der Waals surface area contributed by atoms with Crippen LogP contribution in [0.3, 0.4) is 0 Å². The molecule has 0 heterocycles. The van der Waals surface area contributed by atoms with E-state index in [0.29, 0.717) is 23.2 Å². The lowest BCUT2D eigenvalue weighted by Gasteiger charge is -2.16. The number of aliphatic hydroxyl groups is 1. The van der Waals surface area contributed by atoms with Crippen molar-refractivity contribution >= 4 is 17.5 Å². The Balaban J connectivity index is 1.95. The molecule has 2 rings (SSSR count). The summed E-state index contributed by atoms with van der Waals surface area (Å²) in [5.41, 5.74) is 2.12. The summed E-state index contributed by atoms with van der Waals surface area (Å²) in [6, 6.07) is 14.2. The zero-order valence-corrected chi connectivity index (χ0v) is 16.4. The number of hydrogen-bond donors (Lipinski definition) is 3. The maximum Gasteiger partial charge on any atom is 0.255 e. The lowest BCUT2D eigenvalue weighted by Crippen LogP contribution is -2.30. The average Bonchev–Trinajstić information content (AvgIpc) is 2.59. The fourth-order valence-electron chi connectivity index (χ4n) is 2.53. The van der Waals surface area contributed by atoms with Gasteiger partial charge in [0.1, 0.15) is 0 Å². The molecule has 27 heavy (non-hydrogen) atoms. The number of amides is 2. The fourth-order valence-corrected chi connectivity index (χ4v) is 2.53. The molecule has 3 N–H and O–H groups in total. The third-order valence-electron chi connectivity index (χ3n) is 4.07. The van der Waals surface area contributed by atoms with E-state index in [1.165, 1.54) is 0 Å². The Hall–Kier alpha value is -2.66. The van der Waals surface area contributed by atoms with Crippen LogP contribution < -0.4 is 10.6 Å². The molecule has 0 aromatic heterocycles. The monoisotopic (exact) mass is 368 g/mol. The van der Waals surface area contributed by atoms with Gasteiger partial charge >= 0.3 is 0 Å². The standard InChI is InChI=1S/C22H28N2O3/c1-15(2)23-20(25)18-9-11-19(12-10-18)24-21(26)17-7-5-16(6-8-17)13-14-22(3,4)27/h5-12,15,27H,13-14H2,1-4H3,(H,23,25)(H,24,26). The van der Waals surface area contributed by atoms with Gasteiger partial charge in [0.05, 0.1) is 5.60 Å². The van der Waals surface area contributed by atoms with Crippen LogP contribution in [0, 0.1) is 0 Å². The molecule has 2 amide bonds. The second-order valence-electron chi connectivity index (χ2n) is 7.67. The summed E-state index contributed by atoms with van der Waals surface area (Å²) in [5, 5.41) is 15.5. The lowest BCUT2D eigenvalue weighted by molar-refractivity contribution is 0.0713. The summed E-state index contributed by atoms with van der Waals surface area (Å²) in [7, 11) is 0. The molecule has 2 aromatic carbocycles. The molecule has 0 bridgehead atoms. The van der Waals surface area contributed by atoms with Crippen molar-refractivity contribution in [3.05, 3.63) is 65.2 Å². The Labute approximate surface area is 160 Å². The van der Waals surface area contributed by atoms with Gasteiger partial charge in [0.15, 0.2) is 0 Å². The fraction of sp³-hybridized carbons (Fsp3) is 0.364. The van der Waals surface area contributed by atoms with E-state index in [1.807, 2.05) is 26.0 Å². The van der Waals surface area contributed by atoms with Gasteiger partial charge in [0.25, 0.3) is 11.8 Å². The van der Waals surface area contributed by atoms with Crippen molar-refractivity contribution in [2.24, 2.45) is 0 Å². The van der Waals surface area contributed by atoms with E-state index in [1.54, 1.807) is 50.2 Å². The van der Waals surface area contributed by atoms with Gasteiger partial charge in [-0.3, -0.25) is 9.59 Å². The van der Waals surface area contributed by atoms with E-state index in [4.69, 9.17) is 0 Å². The van der Waals surface area contributed by atoms with E-state index in [0.717, 1.165) is 12.0 Å². The number of anilines is 1. The van der Waals surface area contributed by atoms with Crippen LogP contribution in [0.1, 0.15) is 60.4 Å². The molecule has 0 unspecified atom stereocenters. The van der Waals surface area contributed by atoms with Crippen LogP contribution in [0.15, 0.2) is 48.5 Å². The second kappa shape index (κ2) is 8.82. The highest BCUT2D eigenvalue weighted by Crippen LogP contribution is 2.15. The van der Waals surface area contributed by atoms with Gasteiger partial charge in [0, 0.05) is 22.9 Å². The van der Waals surface area contributed by atoms with Crippen LogP contribution in [0.2, 0.25) is 0 Å². The van der Waals surface area contributed by atoms with Crippen LogP contribution in [-0.4, -0.2) is 28.6 Å². The first-order valence-corrected chi connectivity index (χ1v) is 9.18. The van der Waals surface area contributed by atoms with Gasteiger partial charge in [-0.2, -0.15) is 0 Å². The van der Waals surface area contributed by atoms with E-state index in [-0.39, 0.29) is 17.9 Å². The van der Waals surface area contributed by atoms with Crippen molar-refractivity contribution in [3.63, 3.8) is 0 Å². The zero-order valence-electron chi connectivity index (χ0n) is 16.4. The number of nitrogens with one attached hydrogen (secondary N) is 2. The highest BCUT2D eigenvalue weighted by molar-refractivity contribution is 6.04. The summed E-state index contributed by atoms with van der Waals surface area (Å²) in [6.45, 7) is 7.38. The Morgan fingerprint density at radius 2 is 1.44 bits per heavy atom. The molecule has 0 atom stereocenters. The summed E-state index contributed by atoms with van der Waals surface area (Å²) in [4.78, 5) is 24.3. The van der Waals surface area contributed by atoms with E-state index in [9.17, 15) is 14.7 Å². The van der Waals surface area contributed by atoms with Crippen LogP contribution >= 0.6 is 0 Å². The summed E-state index contributed by atoms with van der Waals surface area (Å²) in [6.07, 6.45) is 1.42. The maximum absolute atomic E-state index is 12.4. The molecule has 0 saturated carbocycles. The van der Waals surface area contributed by atoms with Gasteiger partial charge in [-0.1, -0.05) is 12.1 Å². The van der Waals surface area contributed by atoms with Gasteiger partial charge in [0.2, 0.25) is 0 Å². The summed E-state index contributed by atoms with van der Waals surface area (Å²) < 4.78 is 0. The number of aryl methyl sites for hydroxylation is 1. The van der Waals surface area contributed by atoms with Gasteiger partial charge in [-0.25, -0.2) is 0 Å². The quantitative estimate of drug-likeness (QED) is 0.696. The van der Waals surface area contributed by atoms with Gasteiger partial charge in [-0.05, 0) is 82.5 Å². The first kappa shape index (κ1) is 20.6. The SMILES string of the molecule is CC(C)NC(=O)c1ccc(NC(=O)c2ccc(CCC(C)(C)O)cc2)cc1. The van der Waals surface area contributed by atoms with Gasteiger partial charge < -0.3 is 15.7 Å². The van der Waals surface area contributed by atoms with Gasteiger partial charge in [-0.15, -0.1) is 0 Å². The second-order valence-corrected chi connectivity index (χ2v) is 7.67. The number of carbonyl (C=O) groups is 2. The first-order chi connectivity index (χ1) is 12.6. The smallest absolute Gasteiger partial charge is 0.255 e. The lowest BCUT2D eigenvalue weighted by atomic mass is 9.98. The van der Waals surface area contributed by atoms with E-state index < -0.39 is 5.60 Å². The summed E-state index contributed by atoms with van der Waals surface area (Å²) in [5.74, 6) is -0.340. The van der Waals surface area contributed by atoms with Crippen molar-refractivity contribution in [1.29, 1.82) is 0 Å². The number of carbonyl (C=O) groups excluding carboxylic acids is 2. The minimum atomic E-state index is -0.700. The van der Waals surface area contributed by atoms with Crippen LogP contribution in [0.25, 0.3) is 0 Å². The van der Waals surface area contributed by atoms with Crippen LogP contribution in [-0.2, 0) is 6.42 Å². The largest absolute Gasteiger partial charge is 0.390 e. The molecule has 5 heteroatoms. The minimum Gasteiger partial charge on any atom is -0.390 e. The van der Waals surface area contributed by atoms with Crippen molar-refractivity contribution in [2.45, 2.75) is 52.2 Å². The topological polar surface area (TPSA) is 78.4 Å². The third-order valence-corrected chi connectivity index (χ3v) is 4.07. The Morgan fingerprint density at radius 3 is 1.96 bits per heavy atom. The Morgan fingerprint density at radius 1 is 0.926 bits per heavy atom. The van der Waals surface area contributed by atoms with Crippen molar-refractivity contribution in [3.8, 4) is 0 Å². The molecule has 0 aliphatic heterocycles. The molecule has 0 aliphatic carbocycles. The molecule has 0 aliphatic rings. The van der Waals surface area contributed by atoms with Crippen molar-refractivity contribution < 1.29 is 14.7 Å². The molecule has 0 fully saturated rings. The highest BCUT2D eigenvalue weighted by atomic mass is 16.3. The first-order valence-electron chi connectivity index (χ1n) is 9.18. The average molecular weight is 368 g/mol. The maximum atomic E-state index is 12.4. The number of hydrogen-bond acceptors (Lipinski definition) is 3. The van der Waals surface area contributed by atoms with Crippen molar-refractivity contribution in [1.82, 2.24) is 5.32 Å². The third kappa shape index (κ3) is 6.87. The molecule has 0 spiro atoms. The van der Waals surface area contributed by atoms with Crippen LogP contribution in [0.5, 0.6) is 0 Å². The van der Waals surface area contributed by atoms with Crippen molar-refractivity contribution in [2.75, 3.05) is 5.32 Å². The van der Waals surface area contributed by atoms with E-state index in [2.05, 4.69) is 10.6 Å². The molecular weight excluding hydrogens is 340 g/mol. The molecule has 144 valence electrons. The predicted octanol–water partition coefficient (Wildman–Crippen LogP) is 3.78. The highest BCUT2D eigenvalue weighted by Gasteiger charge is 2.13. The predicted molar refractivity (Wildman–Crippen MR) is 108 cm³/mol. The molecule has 0 radical (unpaired) electrons. The summed E-state index contributed by atoms with van der Waals surface area (Å²) >= 11 is 0.